The van der Waals surface area contributed by atoms with E-state index in [1.54, 1.807) is 11.1 Å². The van der Waals surface area contributed by atoms with E-state index >= 15 is 0 Å². The first-order valence-corrected chi connectivity index (χ1v) is 6.08. The van der Waals surface area contributed by atoms with Crippen LogP contribution in [-0.2, 0) is 25.1 Å². The average Bonchev–Trinajstić information content (AvgIpc) is 2.64. The quantitative estimate of drug-likeness (QED) is 0.662. The molecule has 1 aromatic carbocycles. The zero-order valence-corrected chi connectivity index (χ0v) is 9.53. The van der Waals surface area contributed by atoms with Gasteiger partial charge in [-0.3, -0.25) is 0 Å². The lowest BCUT2D eigenvalue weighted by atomic mass is 9.98. The van der Waals surface area contributed by atoms with Crippen LogP contribution in [0.15, 0.2) is 12.1 Å². The first-order chi connectivity index (χ1) is 6.85. The van der Waals surface area contributed by atoms with Crippen LogP contribution in [0.5, 0.6) is 0 Å². The summed E-state index contributed by atoms with van der Waals surface area (Å²) in [5, 5.41) is 0. The molecule has 0 fully saturated rings. The minimum atomic E-state index is 0.669. The highest BCUT2D eigenvalue weighted by Crippen LogP contribution is 2.27. The summed E-state index contributed by atoms with van der Waals surface area (Å²) in [5.74, 6) is 0.669. The van der Waals surface area contributed by atoms with Crippen molar-refractivity contribution in [2.75, 3.05) is 0 Å². The van der Waals surface area contributed by atoms with Gasteiger partial charge in [0.2, 0.25) is 0 Å². The fraction of sp³-hybridized carbons (Fsp3) is 0.538. The summed E-state index contributed by atoms with van der Waals surface area (Å²) in [6.07, 6.45) is 6.24. The predicted molar refractivity (Wildman–Crippen MR) is 62.0 cm³/mol. The van der Waals surface area contributed by atoms with E-state index in [1.165, 1.54) is 43.2 Å². The Labute approximate surface area is 91.3 Å². The maximum absolute atomic E-state index is 5.97. The Morgan fingerprint density at radius 3 is 2.36 bits per heavy atom. The molecule has 0 N–H and O–H groups in total. The number of aryl methyl sites for hydroxylation is 3. The molecule has 0 saturated heterocycles. The molecule has 0 spiro atoms. The van der Waals surface area contributed by atoms with Gasteiger partial charge in [0.05, 0.1) is 0 Å². The number of hydrogen-bond donors (Lipinski definition) is 0. The van der Waals surface area contributed by atoms with Crippen molar-refractivity contribution in [2.45, 2.75) is 44.9 Å². The molecule has 0 radical (unpaired) electrons. The third-order valence-corrected chi connectivity index (χ3v) is 3.37. The maximum Gasteiger partial charge on any atom is 0.0476 e. The number of halogens is 1. The summed E-state index contributed by atoms with van der Waals surface area (Å²) in [5.41, 5.74) is 5.94. The summed E-state index contributed by atoms with van der Waals surface area (Å²) in [6, 6.07) is 4.73. The Hall–Kier alpha value is -0.490. The number of alkyl halides is 1. The second-order valence-electron chi connectivity index (χ2n) is 4.13. The van der Waals surface area contributed by atoms with Gasteiger partial charge in [-0.25, -0.2) is 0 Å². The minimum absolute atomic E-state index is 0.669. The van der Waals surface area contributed by atoms with Crippen molar-refractivity contribution in [3.8, 4) is 0 Å². The fourth-order valence-corrected chi connectivity index (χ4v) is 2.60. The SMILES string of the molecule is CCCc1cc2c(cc1CCl)CCC2. The van der Waals surface area contributed by atoms with Crippen LogP contribution < -0.4 is 0 Å². The second-order valence-corrected chi connectivity index (χ2v) is 4.39. The first kappa shape index (κ1) is 10.0. The van der Waals surface area contributed by atoms with Gasteiger partial charge in [0.1, 0.15) is 0 Å². The van der Waals surface area contributed by atoms with Crippen molar-refractivity contribution in [1.82, 2.24) is 0 Å². The predicted octanol–water partition coefficient (Wildman–Crippen LogP) is 3.87. The molecule has 1 aromatic rings. The van der Waals surface area contributed by atoms with Crippen LogP contribution in [0.1, 0.15) is 42.0 Å². The van der Waals surface area contributed by atoms with Crippen molar-refractivity contribution in [2.24, 2.45) is 0 Å². The highest BCUT2D eigenvalue weighted by Gasteiger charge is 2.13. The van der Waals surface area contributed by atoms with Gasteiger partial charge in [-0.05, 0) is 47.9 Å². The third-order valence-electron chi connectivity index (χ3n) is 3.08. The van der Waals surface area contributed by atoms with E-state index in [0.29, 0.717) is 5.88 Å². The lowest BCUT2D eigenvalue weighted by molar-refractivity contribution is 0.903. The molecule has 0 amide bonds. The lowest BCUT2D eigenvalue weighted by Gasteiger charge is -2.09. The van der Waals surface area contributed by atoms with Gasteiger partial charge in [0.25, 0.3) is 0 Å². The minimum Gasteiger partial charge on any atom is -0.122 e. The van der Waals surface area contributed by atoms with Crippen molar-refractivity contribution in [1.29, 1.82) is 0 Å². The Morgan fingerprint density at radius 2 is 1.79 bits per heavy atom. The van der Waals surface area contributed by atoms with Crippen LogP contribution in [0, 0.1) is 0 Å². The highest BCUT2D eigenvalue weighted by molar-refractivity contribution is 6.17. The lowest BCUT2D eigenvalue weighted by Crippen LogP contribution is -1.95. The molecule has 2 rings (SSSR count). The monoisotopic (exact) mass is 208 g/mol. The number of rotatable bonds is 3. The van der Waals surface area contributed by atoms with Gasteiger partial charge in [-0.2, -0.15) is 0 Å². The zero-order chi connectivity index (χ0) is 9.97. The van der Waals surface area contributed by atoms with Crippen molar-refractivity contribution >= 4 is 11.6 Å². The van der Waals surface area contributed by atoms with E-state index in [1.807, 2.05) is 0 Å². The van der Waals surface area contributed by atoms with E-state index in [0.717, 1.165) is 0 Å². The molecule has 0 unspecified atom stereocenters. The number of fused-ring (bicyclic) bond motifs is 1. The summed E-state index contributed by atoms with van der Waals surface area (Å²) in [6.45, 7) is 2.23. The Kier molecular flexibility index (Phi) is 3.12. The third kappa shape index (κ3) is 1.81. The van der Waals surface area contributed by atoms with Crippen LogP contribution >= 0.6 is 11.6 Å². The maximum atomic E-state index is 5.97. The Bertz CT molecular complexity index is 328. The topological polar surface area (TPSA) is 0 Å². The van der Waals surface area contributed by atoms with E-state index in [-0.39, 0.29) is 0 Å². The normalized spacial score (nSPS) is 14.4. The van der Waals surface area contributed by atoms with E-state index in [2.05, 4.69) is 19.1 Å². The smallest absolute Gasteiger partial charge is 0.0476 e. The largest absolute Gasteiger partial charge is 0.122 e. The average molecular weight is 209 g/mol. The molecule has 1 aliphatic rings. The molecule has 0 nitrogen and oxygen atoms in total. The Morgan fingerprint density at radius 1 is 1.14 bits per heavy atom. The molecular weight excluding hydrogens is 192 g/mol. The van der Waals surface area contributed by atoms with E-state index < -0.39 is 0 Å². The molecule has 1 heteroatoms. The molecule has 0 aromatic heterocycles. The summed E-state index contributed by atoms with van der Waals surface area (Å²) in [7, 11) is 0. The number of benzene rings is 1. The fourth-order valence-electron chi connectivity index (χ4n) is 2.35. The van der Waals surface area contributed by atoms with Gasteiger partial charge in [0, 0.05) is 5.88 Å². The number of hydrogen-bond acceptors (Lipinski definition) is 0. The molecule has 76 valence electrons. The highest BCUT2D eigenvalue weighted by atomic mass is 35.5. The first-order valence-electron chi connectivity index (χ1n) is 5.54. The molecule has 0 bridgehead atoms. The summed E-state index contributed by atoms with van der Waals surface area (Å²) >= 11 is 5.97. The standard InChI is InChI=1S/C13H17Cl/c1-2-4-10-7-11-5-3-6-12(11)8-13(10)9-14/h7-8H,2-6,9H2,1H3. The summed E-state index contributed by atoms with van der Waals surface area (Å²) < 4.78 is 0. The van der Waals surface area contributed by atoms with Crippen LogP contribution in [0.2, 0.25) is 0 Å². The van der Waals surface area contributed by atoms with Crippen LogP contribution in [-0.4, -0.2) is 0 Å². The molecule has 0 heterocycles. The van der Waals surface area contributed by atoms with E-state index in [4.69, 9.17) is 11.6 Å². The van der Waals surface area contributed by atoms with Crippen LogP contribution in [0.3, 0.4) is 0 Å². The summed E-state index contributed by atoms with van der Waals surface area (Å²) in [4.78, 5) is 0. The van der Waals surface area contributed by atoms with Gasteiger partial charge in [-0.15, -0.1) is 11.6 Å². The Balaban J connectivity index is 2.38. The van der Waals surface area contributed by atoms with E-state index in [9.17, 15) is 0 Å². The van der Waals surface area contributed by atoms with Crippen molar-refractivity contribution < 1.29 is 0 Å². The molecule has 0 aliphatic heterocycles. The zero-order valence-electron chi connectivity index (χ0n) is 8.78. The van der Waals surface area contributed by atoms with Gasteiger partial charge < -0.3 is 0 Å². The van der Waals surface area contributed by atoms with Crippen LogP contribution in [0.4, 0.5) is 0 Å². The molecule has 1 aliphatic carbocycles. The van der Waals surface area contributed by atoms with Crippen molar-refractivity contribution in [3.63, 3.8) is 0 Å². The molecular formula is C13H17Cl. The molecule has 0 atom stereocenters. The van der Waals surface area contributed by atoms with Gasteiger partial charge in [-0.1, -0.05) is 25.5 Å². The van der Waals surface area contributed by atoms with Crippen LogP contribution in [0.25, 0.3) is 0 Å². The van der Waals surface area contributed by atoms with Gasteiger partial charge in [0.15, 0.2) is 0 Å². The van der Waals surface area contributed by atoms with Gasteiger partial charge >= 0.3 is 0 Å². The van der Waals surface area contributed by atoms with Crippen molar-refractivity contribution in [3.05, 3.63) is 34.4 Å². The molecule has 0 saturated carbocycles. The second kappa shape index (κ2) is 4.35. The molecule has 14 heavy (non-hydrogen) atoms.